The predicted octanol–water partition coefficient (Wildman–Crippen LogP) is 2.00. The summed E-state index contributed by atoms with van der Waals surface area (Å²) in [6.07, 6.45) is 0.291. The predicted molar refractivity (Wildman–Crippen MR) is 76.2 cm³/mol. The first kappa shape index (κ1) is 14.1. The third kappa shape index (κ3) is 2.28. The van der Waals surface area contributed by atoms with E-state index in [1.54, 1.807) is 6.07 Å². The Morgan fingerprint density at radius 3 is 2.45 bits per heavy atom. The van der Waals surface area contributed by atoms with E-state index in [4.69, 9.17) is 4.74 Å². The molecule has 2 unspecified atom stereocenters. The number of ether oxygens (including phenoxy) is 1. The van der Waals surface area contributed by atoms with E-state index in [0.717, 1.165) is 6.29 Å². The van der Waals surface area contributed by atoms with E-state index in [1.165, 1.54) is 24.3 Å². The Balaban J connectivity index is 2.04. The summed E-state index contributed by atoms with van der Waals surface area (Å²) >= 11 is 0. The van der Waals surface area contributed by atoms with Crippen LogP contribution >= 0.6 is 0 Å². The molecule has 0 aromatic heterocycles. The van der Waals surface area contributed by atoms with E-state index in [2.05, 4.69) is 0 Å². The van der Waals surface area contributed by atoms with Gasteiger partial charge in [0, 0.05) is 17.7 Å². The lowest BCUT2D eigenvalue weighted by molar-refractivity contribution is -0.114. The molecule has 6 heteroatoms. The Bertz CT molecular complexity index is 740. The van der Waals surface area contributed by atoms with Crippen LogP contribution in [0.5, 0.6) is 28.7 Å². The molecule has 4 N–H and O–H groups in total. The maximum atomic E-state index is 11.4. The van der Waals surface area contributed by atoms with Crippen molar-refractivity contribution >= 4 is 6.29 Å². The van der Waals surface area contributed by atoms with Crippen LogP contribution in [-0.4, -0.2) is 26.7 Å². The van der Waals surface area contributed by atoms with E-state index in [1.807, 2.05) is 0 Å². The summed E-state index contributed by atoms with van der Waals surface area (Å²) in [5.41, 5.74) is 0.968. The van der Waals surface area contributed by atoms with Crippen molar-refractivity contribution in [2.75, 3.05) is 0 Å². The number of rotatable bonds is 2. The van der Waals surface area contributed by atoms with Crippen LogP contribution in [0, 0.1) is 5.92 Å². The molecule has 1 heterocycles. The average molecular weight is 302 g/mol. The maximum absolute atomic E-state index is 11.4. The largest absolute Gasteiger partial charge is 0.508 e. The number of aldehydes is 1. The fraction of sp³-hybridized carbons (Fsp3) is 0.188. The molecule has 1 aliphatic rings. The Labute approximate surface area is 125 Å². The van der Waals surface area contributed by atoms with E-state index >= 15 is 0 Å². The highest BCUT2D eigenvalue weighted by Gasteiger charge is 2.33. The zero-order valence-corrected chi connectivity index (χ0v) is 11.4. The van der Waals surface area contributed by atoms with Crippen molar-refractivity contribution in [3.63, 3.8) is 0 Å². The summed E-state index contributed by atoms with van der Waals surface area (Å²) in [7, 11) is 0. The fourth-order valence-corrected chi connectivity index (χ4v) is 2.65. The SMILES string of the molecule is O=CC1Cc2c(O)cc(O)cc2OC1c1ccc(O)c(O)c1. The van der Waals surface area contributed by atoms with Crippen molar-refractivity contribution in [3.05, 3.63) is 41.5 Å². The number of fused-ring (bicyclic) bond motifs is 1. The Kier molecular flexibility index (Phi) is 3.29. The minimum atomic E-state index is -0.683. The molecule has 2 aromatic rings. The minimum absolute atomic E-state index is 0.131. The molecule has 0 spiro atoms. The summed E-state index contributed by atoms with van der Waals surface area (Å²) in [6, 6.07) is 6.74. The molecule has 0 bridgehead atoms. The standard InChI is InChI=1S/C16H14O6/c17-7-9-3-11-13(20)5-10(18)6-15(11)22-16(9)8-1-2-12(19)14(21)4-8/h1-2,4-7,9,16,18-21H,3H2. The molecule has 2 atom stereocenters. The molecule has 114 valence electrons. The first-order chi connectivity index (χ1) is 10.5. The van der Waals surface area contributed by atoms with Gasteiger partial charge in [-0.25, -0.2) is 0 Å². The van der Waals surface area contributed by atoms with Crippen LogP contribution in [0.3, 0.4) is 0 Å². The molecular weight excluding hydrogens is 288 g/mol. The number of hydrogen-bond donors (Lipinski definition) is 4. The zero-order valence-electron chi connectivity index (χ0n) is 11.4. The van der Waals surface area contributed by atoms with Crippen molar-refractivity contribution in [2.24, 2.45) is 5.92 Å². The molecular formula is C16H14O6. The fourth-order valence-electron chi connectivity index (χ4n) is 2.65. The lowest BCUT2D eigenvalue weighted by Crippen LogP contribution is -2.27. The van der Waals surface area contributed by atoms with Gasteiger partial charge in [-0.2, -0.15) is 0 Å². The van der Waals surface area contributed by atoms with Crippen molar-refractivity contribution in [1.82, 2.24) is 0 Å². The van der Waals surface area contributed by atoms with Crippen LogP contribution in [0.2, 0.25) is 0 Å². The summed E-state index contributed by atoms with van der Waals surface area (Å²) < 4.78 is 5.73. The second kappa shape index (κ2) is 5.14. The number of phenols is 4. The molecule has 0 amide bonds. The molecule has 0 aliphatic carbocycles. The Morgan fingerprint density at radius 2 is 1.77 bits per heavy atom. The van der Waals surface area contributed by atoms with Crippen LogP contribution < -0.4 is 4.74 Å². The molecule has 1 aliphatic heterocycles. The summed E-state index contributed by atoms with van der Waals surface area (Å²) in [5, 5.41) is 38.4. The number of carbonyl (C=O) groups is 1. The van der Waals surface area contributed by atoms with Gasteiger partial charge in [0.15, 0.2) is 11.5 Å². The average Bonchev–Trinajstić information content (AvgIpc) is 2.48. The number of aromatic hydroxyl groups is 4. The number of phenolic OH excluding ortho intramolecular Hbond substituents is 4. The minimum Gasteiger partial charge on any atom is -0.508 e. The number of carbonyl (C=O) groups excluding carboxylic acids is 1. The van der Waals surface area contributed by atoms with Crippen LogP contribution in [0.4, 0.5) is 0 Å². The van der Waals surface area contributed by atoms with Gasteiger partial charge in [-0.05, 0) is 24.1 Å². The van der Waals surface area contributed by atoms with Crippen LogP contribution in [0.1, 0.15) is 17.2 Å². The first-order valence-corrected chi connectivity index (χ1v) is 6.68. The lowest BCUT2D eigenvalue weighted by atomic mass is 9.87. The van der Waals surface area contributed by atoms with Crippen molar-refractivity contribution < 1.29 is 30.0 Å². The van der Waals surface area contributed by atoms with Gasteiger partial charge in [0.05, 0.1) is 5.92 Å². The maximum Gasteiger partial charge on any atom is 0.157 e. The highest BCUT2D eigenvalue weighted by atomic mass is 16.5. The van der Waals surface area contributed by atoms with E-state index in [0.29, 0.717) is 11.1 Å². The van der Waals surface area contributed by atoms with E-state index in [9.17, 15) is 25.2 Å². The third-order valence-corrected chi connectivity index (χ3v) is 3.76. The van der Waals surface area contributed by atoms with Crippen LogP contribution in [0.25, 0.3) is 0 Å². The van der Waals surface area contributed by atoms with Crippen molar-refractivity contribution in [3.8, 4) is 28.7 Å². The van der Waals surface area contributed by atoms with Crippen molar-refractivity contribution in [1.29, 1.82) is 0 Å². The Morgan fingerprint density at radius 1 is 1.00 bits per heavy atom. The first-order valence-electron chi connectivity index (χ1n) is 6.68. The van der Waals surface area contributed by atoms with Gasteiger partial charge in [-0.15, -0.1) is 0 Å². The Hall–Kier alpha value is -2.89. The van der Waals surface area contributed by atoms with Gasteiger partial charge in [0.1, 0.15) is 29.6 Å². The van der Waals surface area contributed by atoms with E-state index in [-0.39, 0.29) is 35.2 Å². The smallest absolute Gasteiger partial charge is 0.157 e. The van der Waals surface area contributed by atoms with Crippen LogP contribution in [-0.2, 0) is 11.2 Å². The normalized spacial score (nSPS) is 20.0. The summed E-state index contributed by atoms with van der Waals surface area (Å²) in [5.74, 6) is -1.13. The van der Waals surface area contributed by atoms with Gasteiger partial charge >= 0.3 is 0 Å². The molecule has 3 rings (SSSR count). The van der Waals surface area contributed by atoms with Gasteiger partial charge in [-0.3, -0.25) is 0 Å². The lowest BCUT2D eigenvalue weighted by Gasteiger charge is -2.31. The molecule has 6 nitrogen and oxygen atoms in total. The molecule has 0 radical (unpaired) electrons. The second-order valence-corrected chi connectivity index (χ2v) is 5.23. The quantitative estimate of drug-likeness (QED) is 0.499. The number of hydrogen-bond acceptors (Lipinski definition) is 6. The molecule has 2 aromatic carbocycles. The summed E-state index contributed by atoms with van der Waals surface area (Å²) in [6.45, 7) is 0. The zero-order chi connectivity index (χ0) is 15.9. The van der Waals surface area contributed by atoms with Gasteiger partial charge in [0.2, 0.25) is 0 Å². The monoisotopic (exact) mass is 302 g/mol. The third-order valence-electron chi connectivity index (χ3n) is 3.76. The number of benzene rings is 2. The second-order valence-electron chi connectivity index (χ2n) is 5.23. The molecule has 0 saturated carbocycles. The van der Waals surface area contributed by atoms with Gasteiger partial charge in [-0.1, -0.05) is 6.07 Å². The van der Waals surface area contributed by atoms with Gasteiger partial charge in [0.25, 0.3) is 0 Å². The van der Waals surface area contributed by atoms with E-state index < -0.39 is 12.0 Å². The highest BCUT2D eigenvalue weighted by Crippen LogP contribution is 2.44. The highest BCUT2D eigenvalue weighted by molar-refractivity contribution is 5.61. The van der Waals surface area contributed by atoms with Crippen LogP contribution in [0.15, 0.2) is 30.3 Å². The van der Waals surface area contributed by atoms with Gasteiger partial charge < -0.3 is 30.0 Å². The molecule has 0 saturated heterocycles. The molecule has 0 fully saturated rings. The molecule has 22 heavy (non-hydrogen) atoms. The van der Waals surface area contributed by atoms with Crippen molar-refractivity contribution in [2.45, 2.75) is 12.5 Å². The summed E-state index contributed by atoms with van der Waals surface area (Å²) in [4.78, 5) is 11.4. The topological polar surface area (TPSA) is 107 Å².